The third-order valence-corrected chi connectivity index (χ3v) is 3.32. The Balaban J connectivity index is 2.58. The lowest BCUT2D eigenvalue weighted by atomic mass is 9.94. The topological polar surface area (TPSA) is 12.0 Å². The second kappa shape index (κ2) is 8.49. The van der Waals surface area contributed by atoms with Crippen LogP contribution in [0.15, 0.2) is 18.2 Å². The summed E-state index contributed by atoms with van der Waals surface area (Å²) in [5.41, 5.74) is 0.774. The van der Waals surface area contributed by atoms with Crippen LogP contribution >= 0.6 is 11.6 Å². The van der Waals surface area contributed by atoms with Gasteiger partial charge >= 0.3 is 0 Å². The Hall–Kier alpha value is -0.600. The number of halogens is 2. The van der Waals surface area contributed by atoms with Crippen molar-refractivity contribution in [2.24, 2.45) is 5.92 Å². The van der Waals surface area contributed by atoms with E-state index >= 15 is 0 Å². The standard InChI is InChI=1S/C15H23ClFN/c1-3-5-12(11-18-8-4-2)9-13-6-7-14(16)10-15(13)17/h6-7,10,12,18H,3-5,8-9,11H2,1-2H3. The molecule has 0 aliphatic carbocycles. The fraction of sp³-hybridized carbons (Fsp3) is 0.600. The van der Waals surface area contributed by atoms with Gasteiger partial charge < -0.3 is 5.32 Å². The normalized spacial score (nSPS) is 12.7. The first-order valence-electron chi connectivity index (χ1n) is 6.82. The molecule has 102 valence electrons. The van der Waals surface area contributed by atoms with Gasteiger partial charge in [0.15, 0.2) is 0 Å². The maximum absolute atomic E-state index is 13.7. The van der Waals surface area contributed by atoms with E-state index in [1.165, 1.54) is 6.07 Å². The zero-order valence-electron chi connectivity index (χ0n) is 11.3. The highest BCUT2D eigenvalue weighted by Crippen LogP contribution is 2.19. The van der Waals surface area contributed by atoms with E-state index < -0.39 is 0 Å². The summed E-state index contributed by atoms with van der Waals surface area (Å²) in [6.07, 6.45) is 4.17. The molecule has 0 saturated carbocycles. The number of rotatable bonds is 8. The molecule has 1 aromatic rings. The molecule has 1 rings (SSSR count). The van der Waals surface area contributed by atoms with Gasteiger partial charge in [0.2, 0.25) is 0 Å². The van der Waals surface area contributed by atoms with Crippen LogP contribution in [0.5, 0.6) is 0 Å². The van der Waals surface area contributed by atoms with Gasteiger partial charge in [0.25, 0.3) is 0 Å². The van der Waals surface area contributed by atoms with Gasteiger partial charge in [-0.1, -0.05) is 37.9 Å². The molecule has 0 saturated heterocycles. The minimum atomic E-state index is -0.181. The van der Waals surface area contributed by atoms with Crippen molar-refractivity contribution in [3.05, 3.63) is 34.6 Å². The fourth-order valence-corrected chi connectivity index (χ4v) is 2.32. The van der Waals surface area contributed by atoms with E-state index in [9.17, 15) is 4.39 Å². The SMILES string of the molecule is CCCNCC(CCC)Cc1ccc(Cl)cc1F. The van der Waals surface area contributed by atoms with Gasteiger partial charge in [0, 0.05) is 5.02 Å². The number of nitrogens with one attached hydrogen (secondary N) is 1. The first-order chi connectivity index (χ1) is 8.67. The second-order valence-electron chi connectivity index (χ2n) is 4.80. The molecular formula is C15H23ClFN. The molecular weight excluding hydrogens is 249 g/mol. The van der Waals surface area contributed by atoms with Crippen molar-refractivity contribution in [2.45, 2.75) is 39.5 Å². The van der Waals surface area contributed by atoms with Crippen LogP contribution in [0.1, 0.15) is 38.7 Å². The third-order valence-electron chi connectivity index (χ3n) is 3.08. The largest absolute Gasteiger partial charge is 0.316 e. The van der Waals surface area contributed by atoms with Crippen molar-refractivity contribution in [2.75, 3.05) is 13.1 Å². The van der Waals surface area contributed by atoms with Crippen molar-refractivity contribution >= 4 is 11.6 Å². The smallest absolute Gasteiger partial charge is 0.127 e. The zero-order valence-corrected chi connectivity index (χ0v) is 12.1. The van der Waals surface area contributed by atoms with Crippen LogP contribution in [0.2, 0.25) is 5.02 Å². The quantitative estimate of drug-likeness (QED) is 0.690. The predicted octanol–water partition coefficient (Wildman–Crippen LogP) is 4.44. The van der Waals surface area contributed by atoms with Gasteiger partial charge in [-0.15, -0.1) is 0 Å². The molecule has 0 fully saturated rings. The van der Waals surface area contributed by atoms with Crippen LogP contribution in [-0.4, -0.2) is 13.1 Å². The Kier molecular flexibility index (Phi) is 7.29. The van der Waals surface area contributed by atoms with Crippen molar-refractivity contribution < 1.29 is 4.39 Å². The first kappa shape index (κ1) is 15.5. The highest BCUT2D eigenvalue weighted by Gasteiger charge is 2.11. The first-order valence-corrected chi connectivity index (χ1v) is 7.19. The van der Waals surface area contributed by atoms with E-state index in [0.29, 0.717) is 10.9 Å². The third kappa shape index (κ3) is 5.36. The van der Waals surface area contributed by atoms with Gasteiger partial charge in [0.1, 0.15) is 5.82 Å². The molecule has 1 N–H and O–H groups in total. The summed E-state index contributed by atoms with van der Waals surface area (Å²) < 4.78 is 13.7. The van der Waals surface area contributed by atoms with Gasteiger partial charge in [-0.05, 0) is 56.0 Å². The van der Waals surface area contributed by atoms with E-state index in [1.807, 2.05) is 0 Å². The molecule has 1 atom stereocenters. The predicted molar refractivity (Wildman–Crippen MR) is 76.7 cm³/mol. The highest BCUT2D eigenvalue weighted by atomic mass is 35.5. The average molecular weight is 272 g/mol. The Morgan fingerprint density at radius 2 is 2.06 bits per heavy atom. The van der Waals surface area contributed by atoms with Crippen LogP contribution in [0.25, 0.3) is 0 Å². The van der Waals surface area contributed by atoms with Gasteiger partial charge in [-0.3, -0.25) is 0 Å². The van der Waals surface area contributed by atoms with Gasteiger partial charge in [-0.2, -0.15) is 0 Å². The van der Waals surface area contributed by atoms with Crippen LogP contribution in [0, 0.1) is 11.7 Å². The number of hydrogen-bond donors (Lipinski definition) is 1. The van der Waals surface area contributed by atoms with Gasteiger partial charge in [0.05, 0.1) is 0 Å². The molecule has 1 nitrogen and oxygen atoms in total. The molecule has 1 unspecified atom stereocenters. The monoisotopic (exact) mass is 271 g/mol. The lowest BCUT2D eigenvalue weighted by molar-refractivity contribution is 0.431. The van der Waals surface area contributed by atoms with E-state index in [0.717, 1.165) is 44.3 Å². The van der Waals surface area contributed by atoms with Crippen LogP contribution < -0.4 is 5.32 Å². The molecule has 3 heteroatoms. The summed E-state index contributed by atoms with van der Waals surface area (Å²) in [4.78, 5) is 0. The fourth-order valence-electron chi connectivity index (χ4n) is 2.17. The summed E-state index contributed by atoms with van der Waals surface area (Å²) in [6, 6.07) is 4.97. The van der Waals surface area contributed by atoms with Gasteiger partial charge in [-0.25, -0.2) is 4.39 Å². The second-order valence-corrected chi connectivity index (χ2v) is 5.24. The molecule has 0 heterocycles. The van der Waals surface area contributed by atoms with Crippen molar-refractivity contribution in [1.29, 1.82) is 0 Å². The Labute approximate surface area is 115 Å². The molecule has 0 aliphatic heterocycles. The van der Waals surface area contributed by atoms with Crippen LogP contribution in [0.4, 0.5) is 4.39 Å². The molecule has 0 aromatic heterocycles. The van der Waals surface area contributed by atoms with Crippen molar-refractivity contribution in [1.82, 2.24) is 5.32 Å². The molecule has 0 radical (unpaired) electrons. The zero-order chi connectivity index (χ0) is 13.4. The summed E-state index contributed by atoms with van der Waals surface area (Å²) in [6.45, 7) is 6.32. The molecule has 18 heavy (non-hydrogen) atoms. The molecule has 0 bridgehead atoms. The lowest BCUT2D eigenvalue weighted by Crippen LogP contribution is -2.25. The lowest BCUT2D eigenvalue weighted by Gasteiger charge is -2.17. The van der Waals surface area contributed by atoms with Crippen molar-refractivity contribution in [3.8, 4) is 0 Å². The highest BCUT2D eigenvalue weighted by molar-refractivity contribution is 6.30. The number of hydrogen-bond acceptors (Lipinski definition) is 1. The Bertz CT molecular complexity index is 354. The maximum atomic E-state index is 13.7. The van der Waals surface area contributed by atoms with E-state index in [4.69, 9.17) is 11.6 Å². The van der Waals surface area contributed by atoms with E-state index in [1.54, 1.807) is 12.1 Å². The Morgan fingerprint density at radius 1 is 1.28 bits per heavy atom. The summed E-state index contributed by atoms with van der Waals surface area (Å²) in [5.74, 6) is 0.316. The minimum absolute atomic E-state index is 0.181. The van der Waals surface area contributed by atoms with E-state index in [-0.39, 0.29) is 5.82 Å². The molecule has 1 aromatic carbocycles. The van der Waals surface area contributed by atoms with E-state index in [2.05, 4.69) is 19.2 Å². The van der Waals surface area contributed by atoms with Crippen molar-refractivity contribution in [3.63, 3.8) is 0 Å². The minimum Gasteiger partial charge on any atom is -0.316 e. The van der Waals surface area contributed by atoms with Crippen LogP contribution in [-0.2, 0) is 6.42 Å². The molecule has 0 spiro atoms. The Morgan fingerprint density at radius 3 is 2.67 bits per heavy atom. The maximum Gasteiger partial charge on any atom is 0.127 e. The summed E-state index contributed by atoms with van der Waals surface area (Å²) in [7, 11) is 0. The van der Waals surface area contributed by atoms with Crippen LogP contribution in [0.3, 0.4) is 0 Å². The molecule has 0 amide bonds. The number of benzene rings is 1. The molecule has 0 aliphatic rings. The summed E-state index contributed by atoms with van der Waals surface area (Å²) in [5, 5.41) is 3.89. The summed E-state index contributed by atoms with van der Waals surface area (Å²) >= 11 is 5.76. The average Bonchev–Trinajstić information content (AvgIpc) is 2.33.